The molecular formula is C24H25N3O4S. The van der Waals surface area contributed by atoms with Crippen LogP contribution in [0.2, 0.25) is 0 Å². The molecule has 0 spiro atoms. The highest BCUT2D eigenvalue weighted by Crippen LogP contribution is 2.36. The molecule has 0 bridgehead atoms. The summed E-state index contributed by atoms with van der Waals surface area (Å²) in [4.78, 5) is 13.1. The van der Waals surface area contributed by atoms with Crippen LogP contribution in [-0.4, -0.2) is 35.6 Å². The van der Waals surface area contributed by atoms with Crippen molar-refractivity contribution in [1.29, 1.82) is 0 Å². The molecule has 0 saturated heterocycles. The number of rotatable bonds is 6. The Morgan fingerprint density at radius 3 is 2.47 bits per heavy atom. The topological polar surface area (TPSA) is 83.2 Å². The van der Waals surface area contributed by atoms with E-state index in [-0.39, 0.29) is 10.5 Å². The van der Waals surface area contributed by atoms with Crippen LogP contribution in [0.15, 0.2) is 64.7 Å². The molecule has 0 fully saturated rings. The van der Waals surface area contributed by atoms with Gasteiger partial charge in [0.05, 0.1) is 23.4 Å². The van der Waals surface area contributed by atoms with Crippen LogP contribution in [0.25, 0.3) is 27.6 Å². The van der Waals surface area contributed by atoms with Crippen molar-refractivity contribution in [3.05, 3.63) is 70.9 Å². The summed E-state index contributed by atoms with van der Waals surface area (Å²) in [6.45, 7) is 4.46. The summed E-state index contributed by atoms with van der Waals surface area (Å²) in [6, 6.07) is 10.4. The van der Waals surface area contributed by atoms with Gasteiger partial charge >= 0.3 is 0 Å². The number of benzene rings is 2. The summed E-state index contributed by atoms with van der Waals surface area (Å²) >= 11 is 0. The van der Waals surface area contributed by atoms with Crippen LogP contribution in [-0.2, 0) is 16.9 Å². The quantitative estimate of drug-likeness (QED) is 0.444. The Bertz CT molecular complexity index is 1480. The van der Waals surface area contributed by atoms with Crippen LogP contribution in [0.4, 0.5) is 0 Å². The van der Waals surface area contributed by atoms with Gasteiger partial charge in [-0.3, -0.25) is 4.79 Å². The molecule has 2 aromatic heterocycles. The summed E-state index contributed by atoms with van der Waals surface area (Å²) in [5.74, 6) is 0.569. The molecule has 8 heteroatoms. The third-order valence-corrected chi connectivity index (χ3v) is 6.38. The van der Waals surface area contributed by atoms with Crippen molar-refractivity contribution in [3.8, 4) is 22.6 Å². The highest BCUT2D eigenvalue weighted by atomic mass is 32.2. The van der Waals surface area contributed by atoms with Crippen molar-refractivity contribution in [2.24, 2.45) is 7.05 Å². The first-order valence-electron chi connectivity index (χ1n) is 10.3. The second-order valence-electron chi connectivity index (χ2n) is 7.93. The molecular weight excluding hydrogens is 426 g/mol. The first-order chi connectivity index (χ1) is 15.2. The van der Waals surface area contributed by atoms with Crippen LogP contribution >= 0.6 is 0 Å². The monoisotopic (exact) mass is 451 g/mol. The van der Waals surface area contributed by atoms with Gasteiger partial charge in [0.25, 0.3) is 5.56 Å². The molecule has 0 aliphatic carbocycles. The molecule has 0 N–H and O–H groups in total. The number of aryl methyl sites for hydroxylation is 2. The van der Waals surface area contributed by atoms with Crippen LogP contribution < -0.4 is 10.3 Å². The molecule has 32 heavy (non-hydrogen) atoms. The van der Waals surface area contributed by atoms with Gasteiger partial charge in [-0.15, -0.1) is 0 Å². The lowest BCUT2D eigenvalue weighted by atomic mass is 9.99. The van der Waals surface area contributed by atoms with Crippen LogP contribution in [0, 0.1) is 6.92 Å². The zero-order valence-electron chi connectivity index (χ0n) is 18.5. The maximum atomic E-state index is 12.9. The van der Waals surface area contributed by atoms with E-state index >= 15 is 0 Å². The molecule has 4 rings (SSSR count). The number of sulfone groups is 1. The van der Waals surface area contributed by atoms with E-state index < -0.39 is 9.84 Å². The zero-order chi connectivity index (χ0) is 23.0. The van der Waals surface area contributed by atoms with E-state index in [1.54, 1.807) is 48.4 Å². The predicted octanol–water partition coefficient (Wildman–Crippen LogP) is 3.89. The van der Waals surface area contributed by atoms with Crippen LogP contribution in [0.1, 0.15) is 18.9 Å². The average molecular weight is 452 g/mol. The third-order valence-electron chi connectivity index (χ3n) is 5.27. The van der Waals surface area contributed by atoms with E-state index in [9.17, 15) is 13.2 Å². The lowest BCUT2D eigenvalue weighted by molar-refractivity contribution is 0.318. The van der Waals surface area contributed by atoms with Gasteiger partial charge in [-0.25, -0.2) is 13.1 Å². The lowest BCUT2D eigenvalue weighted by Crippen LogP contribution is -2.17. The van der Waals surface area contributed by atoms with E-state index in [1.165, 1.54) is 10.8 Å². The summed E-state index contributed by atoms with van der Waals surface area (Å²) in [7, 11) is -1.75. The number of aromatic nitrogens is 3. The van der Waals surface area contributed by atoms with Gasteiger partial charge in [-0.1, -0.05) is 6.92 Å². The minimum atomic E-state index is -3.43. The Hall–Kier alpha value is -3.39. The van der Waals surface area contributed by atoms with Crippen LogP contribution in [0.3, 0.4) is 0 Å². The maximum absolute atomic E-state index is 12.9. The van der Waals surface area contributed by atoms with Gasteiger partial charge in [0.15, 0.2) is 9.84 Å². The lowest BCUT2D eigenvalue weighted by Gasteiger charge is -2.16. The number of hydrogen-bond acceptors (Lipinski definition) is 5. The zero-order valence-corrected chi connectivity index (χ0v) is 19.3. The fourth-order valence-electron chi connectivity index (χ4n) is 3.65. The second-order valence-corrected chi connectivity index (χ2v) is 9.95. The third kappa shape index (κ3) is 4.05. The molecule has 4 aromatic rings. The molecule has 166 valence electrons. The van der Waals surface area contributed by atoms with E-state index in [0.717, 1.165) is 17.7 Å². The molecule has 0 aliphatic heterocycles. The van der Waals surface area contributed by atoms with E-state index in [4.69, 9.17) is 4.74 Å². The first-order valence-corrected chi connectivity index (χ1v) is 12.2. The highest BCUT2D eigenvalue weighted by Gasteiger charge is 2.18. The van der Waals surface area contributed by atoms with E-state index in [0.29, 0.717) is 34.3 Å². The van der Waals surface area contributed by atoms with Crippen molar-refractivity contribution >= 4 is 20.6 Å². The predicted molar refractivity (Wildman–Crippen MR) is 125 cm³/mol. The number of nitrogens with zero attached hydrogens (tertiary/aromatic N) is 3. The maximum Gasteiger partial charge on any atom is 0.258 e. The molecule has 0 amide bonds. The number of ether oxygens (including phenoxy) is 1. The fourth-order valence-corrected chi connectivity index (χ4v) is 4.30. The van der Waals surface area contributed by atoms with Gasteiger partial charge in [0.2, 0.25) is 0 Å². The number of fused-ring (bicyclic) bond motifs is 1. The molecule has 0 atom stereocenters. The minimum absolute atomic E-state index is 0.137. The van der Waals surface area contributed by atoms with Crippen molar-refractivity contribution in [3.63, 3.8) is 0 Å². The normalized spacial score (nSPS) is 11.8. The summed E-state index contributed by atoms with van der Waals surface area (Å²) in [5.41, 5.74) is 3.02. The summed E-state index contributed by atoms with van der Waals surface area (Å²) in [6.07, 6.45) is 7.38. The smallest absolute Gasteiger partial charge is 0.258 e. The number of hydrogen-bond donors (Lipinski definition) is 0. The van der Waals surface area contributed by atoms with Gasteiger partial charge < -0.3 is 9.30 Å². The largest absolute Gasteiger partial charge is 0.493 e. The molecule has 2 heterocycles. The molecule has 0 saturated carbocycles. The van der Waals surface area contributed by atoms with Gasteiger partial charge in [0, 0.05) is 42.2 Å². The Labute approximate surface area is 186 Å². The summed E-state index contributed by atoms with van der Waals surface area (Å²) in [5, 5.41) is 5.60. The first kappa shape index (κ1) is 21.8. The molecule has 0 radical (unpaired) electrons. The molecule has 0 aliphatic rings. The number of pyridine rings is 1. The Balaban J connectivity index is 2.05. The molecule has 7 nitrogen and oxygen atoms in total. The Morgan fingerprint density at radius 2 is 1.81 bits per heavy atom. The van der Waals surface area contributed by atoms with Crippen LogP contribution in [0.5, 0.6) is 5.75 Å². The van der Waals surface area contributed by atoms with E-state index in [1.807, 2.05) is 32.2 Å². The second kappa shape index (κ2) is 8.27. The van der Waals surface area contributed by atoms with Gasteiger partial charge in [-0.2, -0.15) is 5.10 Å². The standard InChI is InChI=1S/C24H25N3O4S/c1-5-10-31-23-9-7-18(32(4,29)30)12-21(23)22-15-26(3)24(28)19-8-6-17(11-20(19)22)27-14-16(2)13-25-27/h6-9,11-15H,5,10H2,1-4H3. The van der Waals surface area contributed by atoms with Crippen molar-refractivity contribution in [2.45, 2.75) is 25.2 Å². The van der Waals surface area contributed by atoms with Gasteiger partial charge in [-0.05, 0) is 60.7 Å². The van der Waals surface area contributed by atoms with E-state index in [2.05, 4.69) is 5.10 Å². The SMILES string of the molecule is CCCOc1ccc(S(C)(=O)=O)cc1-c1cn(C)c(=O)c2ccc(-n3cc(C)cn3)cc12. The highest BCUT2D eigenvalue weighted by molar-refractivity contribution is 7.90. The van der Waals surface area contributed by atoms with Gasteiger partial charge in [0.1, 0.15) is 5.75 Å². The van der Waals surface area contributed by atoms with Crippen molar-refractivity contribution in [1.82, 2.24) is 14.3 Å². The Kier molecular flexibility index (Phi) is 5.64. The molecule has 2 aromatic carbocycles. The average Bonchev–Trinajstić information content (AvgIpc) is 3.20. The van der Waals surface area contributed by atoms with Crippen molar-refractivity contribution < 1.29 is 13.2 Å². The summed E-state index contributed by atoms with van der Waals surface area (Å²) < 4.78 is 33.7. The molecule has 0 unspecified atom stereocenters. The fraction of sp³-hybridized carbons (Fsp3) is 0.250. The van der Waals surface area contributed by atoms with Crippen molar-refractivity contribution in [2.75, 3.05) is 12.9 Å². The Morgan fingerprint density at radius 1 is 1.03 bits per heavy atom. The minimum Gasteiger partial charge on any atom is -0.493 e.